The van der Waals surface area contributed by atoms with Crippen molar-refractivity contribution in [2.45, 2.75) is 19.0 Å². The molecule has 1 amide bonds. The molecule has 0 aromatic heterocycles. The molecular formula is C13H14N2O5. The van der Waals surface area contributed by atoms with Crippen LogP contribution in [0.3, 0.4) is 0 Å². The second kappa shape index (κ2) is 4.99. The molecule has 3 rings (SSSR count). The van der Waals surface area contributed by atoms with Crippen LogP contribution in [-0.4, -0.2) is 30.1 Å². The highest BCUT2D eigenvalue weighted by Gasteiger charge is 2.53. The standard InChI is InChI=1S/C13H14N2O5/c16-13(9-6-10(9)15(17)18)14-7-8-1-2-11-12(5-8)20-4-3-19-11/h1-2,5,9-10H,3-4,6-7H2,(H,14,16)/t9-,10-/m0/s1. The first kappa shape index (κ1) is 12.7. The second-order valence-electron chi connectivity index (χ2n) is 4.89. The Labute approximate surface area is 115 Å². The number of hydrogen-bond acceptors (Lipinski definition) is 5. The van der Waals surface area contributed by atoms with Crippen molar-refractivity contribution in [3.05, 3.63) is 33.9 Å². The van der Waals surface area contributed by atoms with Crippen molar-refractivity contribution in [3.63, 3.8) is 0 Å². The number of fused-ring (bicyclic) bond motifs is 1. The molecule has 1 saturated carbocycles. The van der Waals surface area contributed by atoms with Gasteiger partial charge in [0.05, 0.1) is 0 Å². The molecule has 1 aliphatic carbocycles. The molecule has 1 fully saturated rings. The third-order valence-corrected chi connectivity index (χ3v) is 3.44. The number of amides is 1. The minimum absolute atomic E-state index is 0.262. The normalized spacial score (nSPS) is 23.0. The number of nitrogens with one attached hydrogen (secondary N) is 1. The van der Waals surface area contributed by atoms with Crippen molar-refractivity contribution in [1.29, 1.82) is 0 Å². The zero-order valence-electron chi connectivity index (χ0n) is 10.7. The summed E-state index contributed by atoms with van der Waals surface area (Å²) in [5.41, 5.74) is 0.876. The third-order valence-electron chi connectivity index (χ3n) is 3.44. The fraction of sp³-hybridized carbons (Fsp3) is 0.462. The Hall–Kier alpha value is -2.31. The Balaban J connectivity index is 1.56. The van der Waals surface area contributed by atoms with Gasteiger partial charge in [0, 0.05) is 17.9 Å². The SMILES string of the molecule is O=C(NCc1ccc2c(c1)OCCO2)[C@H]1C[C@@H]1[N+](=O)[O-]. The summed E-state index contributed by atoms with van der Waals surface area (Å²) in [7, 11) is 0. The molecule has 0 unspecified atom stereocenters. The zero-order chi connectivity index (χ0) is 14.1. The number of ether oxygens (including phenoxy) is 2. The molecule has 2 atom stereocenters. The highest BCUT2D eigenvalue weighted by molar-refractivity contribution is 5.81. The van der Waals surface area contributed by atoms with E-state index in [0.29, 0.717) is 37.7 Å². The molecule has 20 heavy (non-hydrogen) atoms. The van der Waals surface area contributed by atoms with Gasteiger partial charge in [-0.3, -0.25) is 14.9 Å². The van der Waals surface area contributed by atoms with Gasteiger partial charge in [0.1, 0.15) is 19.1 Å². The molecule has 0 spiro atoms. The van der Waals surface area contributed by atoms with Crippen molar-refractivity contribution in [1.82, 2.24) is 5.32 Å². The average Bonchev–Trinajstić information content (AvgIpc) is 3.25. The molecular weight excluding hydrogens is 264 g/mol. The lowest BCUT2D eigenvalue weighted by molar-refractivity contribution is -0.497. The molecule has 2 aliphatic rings. The summed E-state index contributed by atoms with van der Waals surface area (Å²) in [4.78, 5) is 21.8. The van der Waals surface area contributed by atoms with Crippen LogP contribution in [0.5, 0.6) is 11.5 Å². The van der Waals surface area contributed by atoms with Gasteiger partial charge in [-0.25, -0.2) is 0 Å². The van der Waals surface area contributed by atoms with Gasteiger partial charge in [0.25, 0.3) is 0 Å². The Kier molecular flexibility index (Phi) is 3.17. The fourth-order valence-corrected chi connectivity index (χ4v) is 2.21. The molecule has 1 aliphatic heterocycles. The van der Waals surface area contributed by atoms with E-state index in [1.165, 1.54) is 0 Å². The Morgan fingerprint density at radius 2 is 2.10 bits per heavy atom. The van der Waals surface area contributed by atoms with Crippen LogP contribution in [0.2, 0.25) is 0 Å². The second-order valence-corrected chi connectivity index (χ2v) is 4.89. The maximum absolute atomic E-state index is 11.7. The minimum atomic E-state index is -0.713. The van der Waals surface area contributed by atoms with Crippen LogP contribution >= 0.6 is 0 Å². The lowest BCUT2D eigenvalue weighted by Crippen LogP contribution is -2.27. The van der Waals surface area contributed by atoms with Crippen LogP contribution in [-0.2, 0) is 11.3 Å². The highest BCUT2D eigenvalue weighted by Crippen LogP contribution is 2.33. The number of carbonyl (C=O) groups excluding carboxylic acids is 1. The highest BCUT2D eigenvalue weighted by atomic mass is 16.6. The summed E-state index contributed by atoms with van der Waals surface area (Å²) < 4.78 is 10.9. The van der Waals surface area contributed by atoms with Crippen molar-refractivity contribution < 1.29 is 19.2 Å². The number of nitrogens with zero attached hydrogens (tertiary/aromatic N) is 1. The number of hydrogen-bond donors (Lipinski definition) is 1. The maximum Gasteiger partial charge on any atom is 0.230 e. The number of nitro groups is 1. The van der Waals surface area contributed by atoms with Crippen molar-refractivity contribution in [2.75, 3.05) is 13.2 Å². The van der Waals surface area contributed by atoms with E-state index >= 15 is 0 Å². The molecule has 0 bridgehead atoms. The zero-order valence-corrected chi connectivity index (χ0v) is 10.7. The molecule has 1 heterocycles. The number of rotatable bonds is 4. The van der Waals surface area contributed by atoms with Crippen molar-refractivity contribution >= 4 is 5.91 Å². The minimum Gasteiger partial charge on any atom is -0.486 e. The van der Waals surface area contributed by atoms with E-state index in [0.717, 1.165) is 5.56 Å². The molecule has 7 heteroatoms. The molecule has 1 aromatic carbocycles. The van der Waals surface area contributed by atoms with E-state index in [1.807, 2.05) is 12.1 Å². The number of carbonyl (C=O) groups is 1. The van der Waals surface area contributed by atoms with Gasteiger partial charge in [0.15, 0.2) is 11.5 Å². The first-order valence-electron chi connectivity index (χ1n) is 6.45. The van der Waals surface area contributed by atoms with E-state index in [2.05, 4.69) is 5.32 Å². The van der Waals surface area contributed by atoms with Gasteiger partial charge in [-0.1, -0.05) is 6.07 Å². The van der Waals surface area contributed by atoms with Gasteiger partial charge in [-0.2, -0.15) is 0 Å². The summed E-state index contributed by atoms with van der Waals surface area (Å²) in [6.45, 7) is 1.37. The summed E-state index contributed by atoms with van der Waals surface area (Å²) in [5, 5.41) is 13.2. The van der Waals surface area contributed by atoms with E-state index in [1.54, 1.807) is 6.07 Å². The maximum atomic E-state index is 11.7. The average molecular weight is 278 g/mol. The monoisotopic (exact) mass is 278 g/mol. The quantitative estimate of drug-likeness (QED) is 0.648. The predicted octanol–water partition coefficient (Wildman–Crippen LogP) is 0.739. The Morgan fingerprint density at radius 3 is 2.80 bits per heavy atom. The largest absolute Gasteiger partial charge is 0.486 e. The first-order chi connectivity index (χ1) is 9.65. The Bertz CT molecular complexity index is 560. The third kappa shape index (κ3) is 2.52. The summed E-state index contributed by atoms with van der Waals surface area (Å²) in [6.07, 6.45) is 0.333. The van der Waals surface area contributed by atoms with Crippen LogP contribution in [0.15, 0.2) is 18.2 Å². The molecule has 106 valence electrons. The lowest BCUT2D eigenvalue weighted by Gasteiger charge is -2.18. The molecule has 1 aromatic rings. The van der Waals surface area contributed by atoms with E-state index < -0.39 is 16.9 Å². The van der Waals surface area contributed by atoms with Crippen molar-refractivity contribution in [2.24, 2.45) is 5.92 Å². The predicted molar refractivity (Wildman–Crippen MR) is 68.2 cm³/mol. The molecule has 7 nitrogen and oxygen atoms in total. The first-order valence-corrected chi connectivity index (χ1v) is 6.45. The van der Waals surface area contributed by atoms with Crippen LogP contribution < -0.4 is 14.8 Å². The van der Waals surface area contributed by atoms with E-state index in [9.17, 15) is 14.9 Å². The summed E-state index contributed by atoms with van der Waals surface area (Å²) >= 11 is 0. The molecule has 1 N–H and O–H groups in total. The number of benzene rings is 1. The van der Waals surface area contributed by atoms with E-state index in [-0.39, 0.29) is 5.91 Å². The lowest BCUT2D eigenvalue weighted by atomic mass is 10.2. The van der Waals surface area contributed by atoms with E-state index in [4.69, 9.17) is 9.47 Å². The van der Waals surface area contributed by atoms with Crippen LogP contribution in [0.1, 0.15) is 12.0 Å². The molecule has 0 radical (unpaired) electrons. The Morgan fingerprint density at radius 1 is 1.35 bits per heavy atom. The van der Waals surface area contributed by atoms with Gasteiger partial charge in [-0.05, 0) is 17.7 Å². The smallest absolute Gasteiger partial charge is 0.230 e. The van der Waals surface area contributed by atoms with Crippen LogP contribution in [0.25, 0.3) is 0 Å². The topological polar surface area (TPSA) is 90.7 Å². The summed E-state index contributed by atoms with van der Waals surface area (Å²) in [5.74, 6) is 0.614. The van der Waals surface area contributed by atoms with Gasteiger partial charge in [0.2, 0.25) is 11.9 Å². The van der Waals surface area contributed by atoms with Crippen molar-refractivity contribution in [3.8, 4) is 11.5 Å². The fourth-order valence-electron chi connectivity index (χ4n) is 2.21. The summed E-state index contributed by atoms with van der Waals surface area (Å²) in [6, 6.07) is 4.74. The molecule has 0 saturated heterocycles. The van der Waals surface area contributed by atoms with Crippen LogP contribution in [0.4, 0.5) is 0 Å². The van der Waals surface area contributed by atoms with Gasteiger partial charge < -0.3 is 14.8 Å². The van der Waals surface area contributed by atoms with Gasteiger partial charge >= 0.3 is 0 Å². The van der Waals surface area contributed by atoms with Gasteiger partial charge in [-0.15, -0.1) is 0 Å². The van der Waals surface area contributed by atoms with Crippen LogP contribution in [0, 0.1) is 16.0 Å².